The Kier molecular flexibility index (Phi) is 5.86. The van der Waals surface area contributed by atoms with Crippen LogP contribution in [0, 0.1) is 10.7 Å². The molecule has 142 valence electrons. The Hall–Kier alpha value is -1.62. The summed E-state index contributed by atoms with van der Waals surface area (Å²) in [5.74, 6) is -0.0821. The number of hydrogen-bond acceptors (Lipinski definition) is 7. The van der Waals surface area contributed by atoms with Gasteiger partial charge in [-0.3, -0.25) is 4.90 Å². The number of ether oxygens (including phenoxy) is 1. The summed E-state index contributed by atoms with van der Waals surface area (Å²) in [4.78, 5) is 2.06. The van der Waals surface area contributed by atoms with Gasteiger partial charge in [0.1, 0.15) is 5.82 Å². The molecule has 0 spiro atoms. The van der Waals surface area contributed by atoms with Crippen LogP contribution in [-0.4, -0.2) is 60.9 Å². The van der Waals surface area contributed by atoms with Crippen molar-refractivity contribution in [3.63, 3.8) is 0 Å². The molecule has 2 heterocycles. The van der Waals surface area contributed by atoms with Crippen LogP contribution in [0.25, 0.3) is 11.5 Å². The monoisotopic (exact) mass is 401 g/mol. The number of hydrogen-bond donors (Lipinski definition) is 0. The summed E-state index contributed by atoms with van der Waals surface area (Å²) in [5, 5.41) is 4.27. The molecule has 26 heavy (non-hydrogen) atoms. The minimum Gasteiger partial charge on any atom is -0.409 e. The molecule has 2 aromatic rings. The number of methoxy groups -OCH3 is 1. The molecule has 1 aliphatic heterocycles. The first-order chi connectivity index (χ1) is 12.4. The second-order valence-corrected chi connectivity index (χ2v) is 8.73. The zero-order valence-electron chi connectivity index (χ0n) is 14.3. The van der Waals surface area contributed by atoms with Gasteiger partial charge < -0.3 is 9.15 Å². The quantitative estimate of drug-likeness (QED) is 0.658. The second-order valence-electron chi connectivity index (χ2n) is 6.16. The van der Waals surface area contributed by atoms with Crippen molar-refractivity contribution in [3.8, 4) is 11.5 Å². The molecule has 1 atom stereocenters. The van der Waals surface area contributed by atoms with Crippen LogP contribution in [-0.2, 0) is 21.2 Å². The standard InChI is InChI=1S/C16H20FN3O4S2/c1-23-8-7-19(12-6-9-26(21,22)10-12)11-20-16(25)24-15(18-20)13-4-2-3-5-14(13)17/h2-5,12H,6-11H2,1H3/t12-/m0/s1. The maximum Gasteiger partial charge on any atom is 0.288 e. The van der Waals surface area contributed by atoms with Crippen LogP contribution >= 0.6 is 12.2 Å². The van der Waals surface area contributed by atoms with Crippen LogP contribution < -0.4 is 0 Å². The van der Waals surface area contributed by atoms with E-state index in [1.165, 1.54) is 10.7 Å². The fourth-order valence-corrected chi connectivity index (χ4v) is 4.89. The third kappa shape index (κ3) is 4.37. The van der Waals surface area contributed by atoms with Gasteiger partial charge in [0.25, 0.3) is 4.84 Å². The summed E-state index contributed by atoms with van der Waals surface area (Å²) < 4.78 is 49.6. The molecule has 3 rings (SSSR count). The van der Waals surface area contributed by atoms with Crippen molar-refractivity contribution in [3.05, 3.63) is 34.9 Å². The maximum atomic E-state index is 13.9. The van der Waals surface area contributed by atoms with E-state index in [-0.39, 0.29) is 40.5 Å². The summed E-state index contributed by atoms with van der Waals surface area (Å²) in [5.41, 5.74) is 0.226. The zero-order chi connectivity index (χ0) is 18.7. The first-order valence-corrected chi connectivity index (χ1v) is 10.4. The fourth-order valence-electron chi connectivity index (χ4n) is 2.95. The molecule has 0 bridgehead atoms. The molecule has 0 aliphatic carbocycles. The van der Waals surface area contributed by atoms with Gasteiger partial charge in [0.05, 0.1) is 30.3 Å². The van der Waals surface area contributed by atoms with E-state index in [9.17, 15) is 12.8 Å². The molecule has 1 aromatic heterocycles. The van der Waals surface area contributed by atoms with E-state index in [0.717, 1.165) is 0 Å². The van der Waals surface area contributed by atoms with Crippen LogP contribution in [0.5, 0.6) is 0 Å². The third-order valence-corrected chi connectivity index (χ3v) is 6.38. The number of aromatic nitrogens is 2. The van der Waals surface area contributed by atoms with Gasteiger partial charge in [-0.25, -0.2) is 17.5 Å². The van der Waals surface area contributed by atoms with Crippen molar-refractivity contribution >= 4 is 22.1 Å². The number of sulfone groups is 1. The minimum atomic E-state index is -3.02. The first kappa shape index (κ1) is 19.2. The number of nitrogens with zero attached hydrogens (tertiary/aromatic N) is 3. The lowest BCUT2D eigenvalue weighted by Crippen LogP contribution is -2.40. The highest BCUT2D eigenvalue weighted by molar-refractivity contribution is 7.91. The SMILES string of the molecule is COCCN(Cn1nc(-c2ccccc2F)oc1=S)[C@H]1CCS(=O)(=O)C1. The van der Waals surface area contributed by atoms with Gasteiger partial charge in [-0.05, 0) is 30.8 Å². The predicted octanol–water partition coefficient (Wildman–Crippen LogP) is 2.10. The molecule has 10 heteroatoms. The van der Waals surface area contributed by atoms with E-state index in [1.54, 1.807) is 25.3 Å². The van der Waals surface area contributed by atoms with E-state index in [1.807, 2.05) is 4.90 Å². The van der Waals surface area contributed by atoms with Crippen LogP contribution in [0.4, 0.5) is 4.39 Å². The molecule has 1 aromatic carbocycles. The lowest BCUT2D eigenvalue weighted by molar-refractivity contribution is 0.0973. The first-order valence-electron chi connectivity index (χ1n) is 8.16. The van der Waals surface area contributed by atoms with E-state index in [0.29, 0.717) is 19.6 Å². The Labute approximate surface area is 156 Å². The summed E-state index contributed by atoms with van der Waals surface area (Å²) in [7, 11) is -1.44. The van der Waals surface area contributed by atoms with Crippen LogP contribution in [0.1, 0.15) is 6.42 Å². The molecule has 1 saturated heterocycles. The van der Waals surface area contributed by atoms with Crippen LogP contribution in [0.3, 0.4) is 0 Å². The van der Waals surface area contributed by atoms with Gasteiger partial charge in [-0.1, -0.05) is 12.1 Å². The highest BCUT2D eigenvalue weighted by Crippen LogP contribution is 2.22. The Morgan fingerprint density at radius 3 is 2.88 bits per heavy atom. The molecule has 0 N–H and O–H groups in total. The average Bonchev–Trinajstić information content (AvgIpc) is 3.14. The molecule has 1 aliphatic rings. The van der Waals surface area contributed by atoms with Crippen molar-refractivity contribution in [2.24, 2.45) is 0 Å². The lowest BCUT2D eigenvalue weighted by Gasteiger charge is -2.27. The normalized spacial score (nSPS) is 19.3. The highest BCUT2D eigenvalue weighted by Gasteiger charge is 2.32. The smallest absolute Gasteiger partial charge is 0.288 e. The van der Waals surface area contributed by atoms with E-state index < -0.39 is 15.7 Å². The number of benzene rings is 1. The van der Waals surface area contributed by atoms with Crippen molar-refractivity contribution in [1.82, 2.24) is 14.7 Å². The zero-order valence-corrected chi connectivity index (χ0v) is 15.9. The number of rotatable bonds is 7. The molecule has 7 nitrogen and oxygen atoms in total. The van der Waals surface area contributed by atoms with Crippen LogP contribution in [0.15, 0.2) is 28.7 Å². The number of halogens is 1. The van der Waals surface area contributed by atoms with E-state index in [2.05, 4.69) is 5.10 Å². The fraction of sp³-hybridized carbons (Fsp3) is 0.500. The van der Waals surface area contributed by atoms with Gasteiger partial charge in [0.15, 0.2) is 9.84 Å². The largest absolute Gasteiger partial charge is 0.409 e. The summed E-state index contributed by atoms with van der Waals surface area (Å²) >= 11 is 5.20. The van der Waals surface area contributed by atoms with Gasteiger partial charge in [0, 0.05) is 19.7 Å². The maximum absolute atomic E-state index is 13.9. The molecular weight excluding hydrogens is 381 g/mol. The Balaban J connectivity index is 1.83. The Bertz CT molecular complexity index is 926. The highest BCUT2D eigenvalue weighted by atomic mass is 32.2. The molecule has 0 saturated carbocycles. The van der Waals surface area contributed by atoms with E-state index >= 15 is 0 Å². The second kappa shape index (κ2) is 7.95. The van der Waals surface area contributed by atoms with E-state index in [4.69, 9.17) is 21.4 Å². The summed E-state index contributed by atoms with van der Waals surface area (Å²) in [6, 6.07) is 6.01. The Morgan fingerprint density at radius 1 is 1.46 bits per heavy atom. The van der Waals surface area contributed by atoms with Crippen molar-refractivity contribution in [1.29, 1.82) is 0 Å². The van der Waals surface area contributed by atoms with Crippen LogP contribution in [0.2, 0.25) is 0 Å². The van der Waals surface area contributed by atoms with Crippen molar-refractivity contribution in [2.45, 2.75) is 19.1 Å². The van der Waals surface area contributed by atoms with Crippen molar-refractivity contribution in [2.75, 3.05) is 31.8 Å². The van der Waals surface area contributed by atoms with Gasteiger partial charge in [-0.2, -0.15) is 0 Å². The predicted molar refractivity (Wildman–Crippen MR) is 96.4 cm³/mol. The third-order valence-electron chi connectivity index (χ3n) is 4.33. The summed E-state index contributed by atoms with van der Waals surface area (Å²) in [6.07, 6.45) is 0.553. The van der Waals surface area contributed by atoms with Gasteiger partial charge >= 0.3 is 0 Å². The van der Waals surface area contributed by atoms with Gasteiger partial charge in [0.2, 0.25) is 5.89 Å². The molecule has 0 radical (unpaired) electrons. The molecule has 1 fully saturated rings. The Morgan fingerprint density at radius 2 is 2.23 bits per heavy atom. The molecule has 0 amide bonds. The van der Waals surface area contributed by atoms with Crippen molar-refractivity contribution < 1.29 is 22.0 Å². The topological polar surface area (TPSA) is 77.6 Å². The molecular formula is C16H20FN3O4S2. The minimum absolute atomic E-state index is 0.0961. The molecule has 0 unspecified atom stereocenters. The average molecular weight is 401 g/mol. The lowest BCUT2D eigenvalue weighted by atomic mass is 10.2. The summed E-state index contributed by atoms with van der Waals surface area (Å²) in [6.45, 7) is 1.22. The van der Waals surface area contributed by atoms with Gasteiger partial charge in [-0.15, -0.1) is 5.10 Å².